The molecule has 0 fully saturated rings. The summed E-state index contributed by atoms with van der Waals surface area (Å²) in [6.07, 6.45) is 0.919. The summed E-state index contributed by atoms with van der Waals surface area (Å²) in [5.74, 6) is 1.45. The first-order valence-electron chi connectivity index (χ1n) is 7.31. The normalized spacial score (nSPS) is 10.5. The van der Waals surface area contributed by atoms with Gasteiger partial charge in [0.2, 0.25) is 11.8 Å². The Labute approximate surface area is 126 Å². The summed E-state index contributed by atoms with van der Waals surface area (Å²) in [6, 6.07) is 3.53. The van der Waals surface area contributed by atoms with Crippen LogP contribution in [-0.4, -0.2) is 37.6 Å². The SMILES string of the molecule is CCCNC(=O)CN(C)c1ccc(N)c(OCC(C)C)n1. The zero-order valence-electron chi connectivity index (χ0n) is 13.3. The first kappa shape index (κ1) is 17.1. The van der Waals surface area contributed by atoms with Gasteiger partial charge in [0.05, 0.1) is 18.8 Å². The fourth-order valence-electron chi connectivity index (χ4n) is 1.63. The van der Waals surface area contributed by atoms with Crippen LogP contribution in [0.2, 0.25) is 0 Å². The van der Waals surface area contributed by atoms with Gasteiger partial charge in [-0.2, -0.15) is 4.98 Å². The highest BCUT2D eigenvalue weighted by atomic mass is 16.5. The molecule has 0 unspecified atom stereocenters. The van der Waals surface area contributed by atoms with Crippen molar-refractivity contribution in [1.82, 2.24) is 10.3 Å². The minimum atomic E-state index is -0.0253. The molecule has 0 saturated heterocycles. The highest BCUT2D eigenvalue weighted by molar-refractivity contribution is 5.80. The van der Waals surface area contributed by atoms with Crippen molar-refractivity contribution in [3.05, 3.63) is 12.1 Å². The van der Waals surface area contributed by atoms with Gasteiger partial charge in [-0.25, -0.2) is 0 Å². The Morgan fingerprint density at radius 3 is 2.81 bits per heavy atom. The van der Waals surface area contributed by atoms with Crippen molar-refractivity contribution in [2.24, 2.45) is 5.92 Å². The van der Waals surface area contributed by atoms with Crippen LogP contribution in [0.1, 0.15) is 27.2 Å². The molecule has 0 aromatic carbocycles. The molecular formula is C15H26N4O2. The van der Waals surface area contributed by atoms with Crippen molar-refractivity contribution in [2.45, 2.75) is 27.2 Å². The summed E-state index contributed by atoms with van der Waals surface area (Å²) in [6.45, 7) is 7.63. The number of likely N-dealkylation sites (N-methyl/N-ethyl adjacent to an activating group) is 1. The fourth-order valence-corrected chi connectivity index (χ4v) is 1.63. The minimum Gasteiger partial charge on any atom is -0.476 e. The number of aromatic nitrogens is 1. The topological polar surface area (TPSA) is 80.5 Å². The number of hydrogen-bond acceptors (Lipinski definition) is 5. The van der Waals surface area contributed by atoms with Gasteiger partial charge >= 0.3 is 0 Å². The number of pyridine rings is 1. The molecule has 3 N–H and O–H groups in total. The number of carbonyl (C=O) groups is 1. The highest BCUT2D eigenvalue weighted by Gasteiger charge is 2.11. The van der Waals surface area contributed by atoms with Gasteiger partial charge in [0.1, 0.15) is 5.82 Å². The quantitative estimate of drug-likeness (QED) is 0.762. The second-order valence-corrected chi connectivity index (χ2v) is 5.47. The zero-order chi connectivity index (χ0) is 15.8. The highest BCUT2D eigenvalue weighted by Crippen LogP contribution is 2.23. The number of nitrogens with one attached hydrogen (secondary N) is 1. The molecule has 118 valence electrons. The van der Waals surface area contributed by atoms with E-state index in [0.717, 1.165) is 6.42 Å². The van der Waals surface area contributed by atoms with Gasteiger partial charge in [0.15, 0.2) is 0 Å². The third-order valence-corrected chi connectivity index (χ3v) is 2.77. The Balaban J connectivity index is 2.69. The molecule has 0 aliphatic carbocycles. The van der Waals surface area contributed by atoms with Crippen molar-refractivity contribution < 1.29 is 9.53 Å². The Morgan fingerprint density at radius 1 is 1.48 bits per heavy atom. The van der Waals surface area contributed by atoms with Gasteiger partial charge in [-0.1, -0.05) is 20.8 Å². The van der Waals surface area contributed by atoms with Gasteiger partial charge < -0.3 is 20.7 Å². The van der Waals surface area contributed by atoms with E-state index >= 15 is 0 Å². The molecule has 6 heteroatoms. The average molecular weight is 294 g/mol. The lowest BCUT2D eigenvalue weighted by Gasteiger charge is -2.19. The Hall–Kier alpha value is -1.98. The average Bonchev–Trinajstić information content (AvgIpc) is 2.43. The van der Waals surface area contributed by atoms with Gasteiger partial charge in [0.25, 0.3) is 0 Å². The summed E-state index contributed by atoms with van der Waals surface area (Å²) in [5, 5.41) is 2.83. The molecule has 0 bridgehead atoms. The maximum atomic E-state index is 11.7. The number of nitrogens with zero attached hydrogens (tertiary/aromatic N) is 2. The van der Waals surface area contributed by atoms with E-state index in [0.29, 0.717) is 36.5 Å². The standard InChI is InChI=1S/C15H26N4O2/c1-5-8-17-14(20)9-19(4)13-7-6-12(16)15(18-13)21-10-11(2)3/h6-7,11H,5,8-10,16H2,1-4H3,(H,17,20). The lowest BCUT2D eigenvalue weighted by molar-refractivity contribution is -0.119. The maximum Gasteiger partial charge on any atom is 0.239 e. The first-order chi connectivity index (χ1) is 9.93. The van der Waals surface area contributed by atoms with Crippen molar-refractivity contribution in [1.29, 1.82) is 0 Å². The Bertz CT molecular complexity index is 463. The van der Waals surface area contributed by atoms with Crippen LogP contribution in [0.5, 0.6) is 5.88 Å². The second-order valence-electron chi connectivity index (χ2n) is 5.47. The third-order valence-electron chi connectivity index (χ3n) is 2.77. The predicted molar refractivity (Wildman–Crippen MR) is 85.6 cm³/mol. The monoisotopic (exact) mass is 294 g/mol. The third kappa shape index (κ3) is 5.89. The van der Waals surface area contributed by atoms with E-state index in [1.807, 2.05) is 14.0 Å². The molecular weight excluding hydrogens is 268 g/mol. The van der Waals surface area contributed by atoms with E-state index in [9.17, 15) is 4.79 Å². The van der Waals surface area contributed by atoms with Crippen LogP contribution in [0, 0.1) is 5.92 Å². The number of nitrogen functional groups attached to an aromatic ring is 1. The maximum absolute atomic E-state index is 11.7. The van der Waals surface area contributed by atoms with E-state index in [1.54, 1.807) is 17.0 Å². The molecule has 1 amide bonds. The summed E-state index contributed by atoms with van der Waals surface area (Å²) < 4.78 is 5.60. The molecule has 21 heavy (non-hydrogen) atoms. The lowest BCUT2D eigenvalue weighted by Crippen LogP contribution is -2.35. The summed E-state index contributed by atoms with van der Waals surface area (Å²) in [5.41, 5.74) is 6.36. The van der Waals surface area contributed by atoms with Gasteiger partial charge in [-0.15, -0.1) is 0 Å². The van der Waals surface area contributed by atoms with Crippen LogP contribution in [0.3, 0.4) is 0 Å². The molecule has 6 nitrogen and oxygen atoms in total. The number of carbonyl (C=O) groups excluding carboxylic acids is 1. The molecule has 0 atom stereocenters. The number of ether oxygens (including phenoxy) is 1. The molecule has 1 rings (SSSR count). The van der Waals surface area contributed by atoms with Gasteiger partial charge in [0, 0.05) is 13.6 Å². The largest absolute Gasteiger partial charge is 0.476 e. The molecule has 0 radical (unpaired) electrons. The first-order valence-corrected chi connectivity index (χ1v) is 7.31. The number of anilines is 2. The van der Waals surface area contributed by atoms with E-state index in [1.165, 1.54) is 0 Å². The van der Waals surface area contributed by atoms with Crippen LogP contribution in [-0.2, 0) is 4.79 Å². The number of nitrogens with two attached hydrogens (primary N) is 1. The van der Waals surface area contributed by atoms with Crippen LogP contribution in [0.25, 0.3) is 0 Å². The second kappa shape index (κ2) is 8.34. The van der Waals surface area contributed by atoms with Crippen LogP contribution in [0.15, 0.2) is 12.1 Å². The number of rotatable bonds is 8. The minimum absolute atomic E-state index is 0.0253. The molecule has 1 aromatic heterocycles. The molecule has 1 heterocycles. The summed E-state index contributed by atoms with van der Waals surface area (Å²) in [4.78, 5) is 17.9. The van der Waals surface area contributed by atoms with Gasteiger partial charge in [-0.05, 0) is 24.5 Å². The van der Waals surface area contributed by atoms with E-state index in [2.05, 4.69) is 24.1 Å². The summed E-state index contributed by atoms with van der Waals surface area (Å²) in [7, 11) is 1.82. The van der Waals surface area contributed by atoms with Crippen molar-refractivity contribution in [2.75, 3.05) is 37.4 Å². The number of amides is 1. The van der Waals surface area contributed by atoms with E-state index in [4.69, 9.17) is 10.5 Å². The molecule has 0 aliphatic rings. The smallest absolute Gasteiger partial charge is 0.239 e. The van der Waals surface area contributed by atoms with Crippen LogP contribution >= 0.6 is 0 Å². The van der Waals surface area contributed by atoms with Crippen LogP contribution < -0.4 is 20.7 Å². The van der Waals surface area contributed by atoms with Gasteiger partial charge in [-0.3, -0.25) is 4.79 Å². The van der Waals surface area contributed by atoms with E-state index < -0.39 is 0 Å². The van der Waals surface area contributed by atoms with Crippen molar-refractivity contribution in [3.63, 3.8) is 0 Å². The van der Waals surface area contributed by atoms with Crippen LogP contribution in [0.4, 0.5) is 11.5 Å². The zero-order valence-corrected chi connectivity index (χ0v) is 13.3. The Morgan fingerprint density at radius 2 is 2.19 bits per heavy atom. The van der Waals surface area contributed by atoms with Crippen molar-refractivity contribution >= 4 is 17.4 Å². The molecule has 1 aromatic rings. The van der Waals surface area contributed by atoms with E-state index in [-0.39, 0.29) is 12.5 Å². The fraction of sp³-hybridized carbons (Fsp3) is 0.600. The molecule has 0 spiro atoms. The molecule has 0 saturated carbocycles. The lowest BCUT2D eigenvalue weighted by atomic mass is 10.2. The summed E-state index contributed by atoms with van der Waals surface area (Å²) >= 11 is 0. The van der Waals surface area contributed by atoms with Crippen molar-refractivity contribution in [3.8, 4) is 5.88 Å². The molecule has 0 aliphatic heterocycles. The number of hydrogen-bond donors (Lipinski definition) is 2. The Kier molecular flexibility index (Phi) is 6.78. The predicted octanol–water partition coefficient (Wildman–Crippen LogP) is 1.66.